The molecule has 1 aromatic heterocycles. The fraction of sp³-hybridized carbons (Fsp3) is 0.176. The van der Waals surface area contributed by atoms with Gasteiger partial charge in [-0.3, -0.25) is 0 Å². The highest BCUT2D eigenvalue weighted by Gasteiger charge is 2.13. The van der Waals surface area contributed by atoms with E-state index < -0.39 is 0 Å². The van der Waals surface area contributed by atoms with Crippen molar-refractivity contribution in [2.75, 3.05) is 0 Å². The zero-order valence-electron chi connectivity index (χ0n) is 11.3. The molecule has 0 saturated heterocycles. The Morgan fingerprint density at radius 2 is 1.95 bits per heavy atom. The van der Waals surface area contributed by atoms with Gasteiger partial charge in [-0.05, 0) is 52.9 Å². The minimum Gasteiger partial charge on any atom is -0.324 e. The summed E-state index contributed by atoms with van der Waals surface area (Å²) in [5.74, 6) is 0. The van der Waals surface area contributed by atoms with Crippen LogP contribution in [0, 0.1) is 6.92 Å². The molecule has 0 amide bonds. The first-order valence-electron chi connectivity index (χ1n) is 6.62. The van der Waals surface area contributed by atoms with Gasteiger partial charge in [-0.25, -0.2) is 0 Å². The van der Waals surface area contributed by atoms with Gasteiger partial charge < -0.3 is 5.73 Å². The number of benzene rings is 2. The van der Waals surface area contributed by atoms with E-state index >= 15 is 0 Å². The predicted octanol–water partition coefficient (Wildman–Crippen LogP) is 5.21. The average Bonchev–Trinajstić information content (AvgIpc) is 2.85. The van der Waals surface area contributed by atoms with E-state index in [4.69, 9.17) is 5.73 Å². The van der Waals surface area contributed by atoms with Gasteiger partial charge in [-0.2, -0.15) is 0 Å². The van der Waals surface area contributed by atoms with Crippen molar-refractivity contribution in [2.24, 2.45) is 5.73 Å². The summed E-state index contributed by atoms with van der Waals surface area (Å²) in [6.45, 7) is 2.12. The lowest BCUT2D eigenvalue weighted by Crippen LogP contribution is -2.14. The lowest BCUT2D eigenvalue weighted by Gasteiger charge is -2.15. The van der Waals surface area contributed by atoms with Crippen LogP contribution >= 0.6 is 27.3 Å². The van der Waals surface area contributed by atoms with E-state index in [1.54, 1.807) is 11.3 Å². The molecule has 0 saturated carbocycles. The van der Waals surface area contributed by atoms with E-state index in [9.17, 15) is 0 Å². The van der Waals surface area contributed by atoms with Gasteiger partial charge in [0.2, 0.25) is 0 Å². The lowest BCUT2D eigenvalue weighted by atomic mass is 9.96. The maximum Gasteiger partial charge on any atom is 0.0345 e. The minimum atomic E-state index is 0.0329. The van der Waals surface area contributed by atoms with Crippen molar-refractivity contribution < 1.29 is 0 Å². The molecule has 102 valence electrons. The Labute approximate surface area is 131 Å². The number of hydrogen-bond acceptors (Lipinski definition) is 2. The van der Waals surface area contributed by atoms with Crippen LogP contribution in [-0.2, 0) is 6.42 Å². The summed E-state index contributed by atoms with van der Waals surface area (Å²) >= 11 is 5.37. The summed E-state index contributed by atoms with van der Waals surface area (Å²) in [6.07, 6.45) is 0.876. The Morgan fingerprint density at radius 3 is 2.80 bits per heavy atom. The number of rotatable bonds is 3. The molecule has 1 heterocycles. The summed E-state index contributed by atoms with van der Waals surface area (Å²) in [5.41, 5.74) is 10.2. The van der Waals surface area contributed by atoms with E-state index in [1.807, 2.05) is 0 Å². The molecule has 0 bridgehead atoms. The third kappa shape index (κ3) is 2.53. The fourth-order valence-corrected chi connectivity index (χ4v) is 3.92. The topological polar surface area (TPSA) is 26.0 Å². The van der Waals surface area contributed by atoms with Crippen LogP contribution in [0.4, 0.5) is 0 Å². The van der Waals surface area contributed by atoms with Gasteiger partial charge in [0, 0.05) is 15.2 Å². The Hall–Kier alpha value is -1.16. The maximum atomic E-state index is 6.43. The van der Waals surface area contributed by atoms with Crippen molar-refractivity contribution in [2.45, 2.75) is 19.4 Å². The molecule has 0 aliphatic heterocycles. The number of thiophene rings is 1. The fourth-order valence-electron chi connectivity index (χ4n) is 2.56. The van der Waals surface area contributed by atoms with Gasteiger partial charge in [0.05, 0.1) is 0 Å². The van der Waals surface area contributed by atoms with Gasteiger partial charge in [-0.15, -0.1) is 11.3 Å². The maximum absolute atomic E-state index is 6.43. The Morgan fingerprint density at radius 1 is 1.15 bits per heavy atom. The van der Waals surface area contributed by atoms with Crippen LogP contribution in [0.3, 0.4) is 0 Å². The number of nitrogens with two attached hydrogens (primary N) is 1. The molecule has 0 fully saturated rings. The molecule has 0 spiro atoms. The molecule has 3 heteroatoms. The van der Waals surface area contributed by atoms with Crippen LogP contribution in [-0.4, -0.2) is 0 Å². The molecular weight excluding hydrogens is 330 g/mol. The van der Waals surface area contributed by atoms with Gasteiger partial charge >= 0.3 is 0 Å². The molecular formula is C17H16BrNS. The van der Waals surface area contributed by atoms with E-state index in [2.05, 4.69) is 70.7 Å². The molecule has 1 atom stereocenters. The van der Waals surface area contributed by atoms with Gasteiger partial charge in [0.25, 0.3) is 0 Å². The van der Waals surface area contributed by atoms with Crippen molar-refractivity contribution in [1.29, 1.82) is 0 Å². The standard InChI is InChI=1S/C17H16BrNS/c1-11-13(6-4-7-15(11)18)16(19)9-12-10-20-17-8-3-2-5-14(12)17/h2-8,10,16H,9,19H2,1H3. The number of halogens is 1. The summed E-state index contributed by atoms with van der Waals surface area (Å²) in [5, 5.41) is 3.57. The van der Waals surface area contributed by atoms with E-state index in [0.717, 1.165) is 10.9 Å². The molecule has 1 nitrogen and oxygen atoms in total. The van der Waals surface area contributed by atoms with Crippen molar-refractivity contribution in [3.8, 4) is 0 Å². The number of fused-ring (bicyclic) bond motifs is 1. The highest BCUT2D eigenvalue weighted by molar-refractivity contribution is 9.10. The van der Waals surface area contributed by atoms with E-state index in [0.29, 0.717) is 0 Å². The van der Waals surface area contributed by atoms with Gasteiger partial charge in [-0.1, -0.05) is 46.3 Å². The normalized spacial score (nSPS) is 12.8. The third-order valence-electron chi connectivity index (χ3n) is 3.71. The molecule has 2 N–H and O–H groups in total. The van der Waals surface area contributed by atoms with E-state index in [-0.39, 0.29) is 6.04 Å². The first-order chi connectivity index (χ1) is 9.66. The Balaban J connectivity index is 1.92. The zero-order valence-corrected chi connectivity index (χ0v) is 13.7. The highest BCUT2D eigenvalue weighted by Crippen LogP contribution is 2.30. The molecule has 20 heavy (non-hydrogen) atoms. The highest BCUT2D eigenvalue weighted by atomic mass is 79.9. The van der Waals surface area contributed by atoms with Gasteiger partial charge in [0.15, 0.2) is 0 Å². The zero-order chi connectivity index (χ0) is 14.1. The smallest absolute Gasteiger partial charge is 0.0345 e. The van der Waals surface area contributed by atoms with Crippen molar-refractivity contribution in [3.05, 3.63) is 69.0 Å². The average molecular weight is 346 g/mol. The lowest BCUT2D eigenvalue weighted by molar-refractivity contribution is 0.720. The van der Waals surface area contributed by atoms with Crippen molar-refractivity contribution in [3.63, 3.8) is 0 Å². The second-order valence-electron chi connectivity index (χ2n) is 5.02. The molecule has 3 rings (SSSR count). The first-order valence-corrected chi connectivity index (χ1v) is 8.30. The predicted molar refractivity (Wildman–Crippen MR) is 91.3 cm³/mol. The molecule has 0 aliphatic carbocycles. The summed E-state index contributed by atoms with van der Waals surface area (Å²) in [6, 6.07) is 14.8. The quantitative estimate of drug-likeness (QED) is 0.692. The molecule has 2 aromatic carbocycles. The largest absolute Gasteiger partial charge is 0.324 e. The van der Waals surface area contributed by atoms with Crippen molar-refractivity contribution in [1.82, 2.24) is 0 Å². The molecule has 0 aliphatic rings. The summed E-state index contributed by atoms with van der Waals surface area (Å²) in [4.78, 5) is 0. The Bertz CT molecular complexity index is 748. The third-order valence-corrected chi connectivity index (χ3v) is 5.58. The SMILES string of the molecule is Cc1c(Br)cccc1C(N)Cc1csc2ccccc12. The number of hydrogen-bond donors (Lipinski definition) is 1. The molecule has 3 aromatic rings. The summed E-state index contributed by atoms with van der Waals surface area (Å²) < 4.78 is 2.46. The molecule has 0 radical (unpaired) electrons. The van der Waals surface area contributed by atoms with Crippen molar-refractivity contribution >= 4 is 37.4 Å². The Kier molecular flexibility index (Phi) is 3.92. The van der Waals surface area contributed by atoms with Crippen LogP contribution in [0.2, 0.25) is 0 Å². The second-order valence-corrected chi connectivity index (χ2v) is 6.79. The molecule has 1 unspecified atom stereocenters. The second kappa shape index (κ2) is 5.68. The van der Waals surface area contributed by atoms with Crippen LogP contribution in [0.15, 0.2) is 52.3 Å². The van der Waals surface area contributed by atoms with Crippen LogP contribution in [0.1, 0.15) is 22.7 Å². The van der Waals surface area contributed by atoms with Gasteiger partial charge in [0.1, 0.15) is 0 Å². The van der Waals surface area contributed by atoms with E-state index in [1.165, 1.54) is 26.8 Å². The monoisotopic (exact) mass is 345 g/mol. The van der Waals surface area contributed by atoms with Crippen LogP contribution in [0.25, 0.3) is 10.1 Å². The van der Waals surface area contributed by atoms with Crippen LogP contribution < -0.4 is 5.73 Å². The summed E-state index contributed by atoms with van der Waals surface area (Å²) in [7, 11) is 0. The first kappa shape index (κ1) is 13.8. The van der Waals surface area contributed by atoms with Crippen LogP contribution in [0.5, 0.6) is 0 Å². The minimum absolute atomic E-state index is 0.0329.